The van der Waals surface area contributed by atoms with Gasteiger partial charge in [0.25, 0.3) is 5.91 Å². The van der Waals surface area contributed by atoms with Gasteiger partial charge in [0, 0.05) is 19.4 Å². The maximum Gasteiger partial charge on any atom is 0.255 e. The Kier molecular flexibility index (Phi) is 4.83. The first-order valence-electron chi connectivity index (χ1n) is 8.29. The van der Waals surface area contributed by atoms with Gasteiger partial charge in [-0.3, -0.25) is 4.79 Å². The van der Waals surface area contributed by atoms with Crippen molar-refractivity contribution in [2.24, 2.45) is 5.92 Å². The van der Waals surface area contributed by atoms with Crippen LogP contribution in [0.4, 0.5) is 0 Å². The van der Waals surface area contributed by atoms with E-state index in [0.29, 0.717) is 29.0 Å². The molecule has 128 valence electrons. The van der Waals surface area contributed by atoms with Gasteiger partial charge in [0.15, 0.2) is 0 Å². The topological polar surface area (TPSA) is 77.2 Å². The molecule has 1 heterocycles. The first kappa shape index (κ1) is 16.5. The summed E-state index contributed by atoms with van der Waals surface area (Å²) in [6.45, 7) is 3.77. The summed E-state index contributed by atoms with van der Waals surface area (Å²) in [5.74, 6) is 2.29. The average Bonchev–Trinajstić information content (AvgIpc) is 3.16. The molecule has 24 heavy (non-hydrogen) atoms. The zero-order valence-electron chi connectivity index (χ0n) is 14.3. The van der Waals surface area contributed by atoms with Gasteiger partial charge < -0.3 is 14.5 Å². The van der Waals surface area contributed by atoms with Crippen LogP contribution in [0.3, 0.4) is 0 Å². The Balaban J connectivity index is 1.58. The highest BCUT2D eigenvalue weighted by atomic mass is 16.5. The lowest BCUT2D eigenvalue weighted by Crippen LogP contribution is -2.33. The van der Waals surface area contributed by atoms with Gasteiger partial charge in [-0.25, -0.2) is 0 Å². The highest BCUT2D eigenvalue weighted by molar-refractivity contribution is 5.97. The van der Waals surface area contributed by atoms with Gasteiger partial charge in [0.05, 0.1) is 12.7 Å². The number of rotatable bonds is 5. The SMILES string of the molecule is COc1cc(C)ccc1C(=O)N[C@H]1CC[C@@H](Cc2nnc(C)o2)C1. The van der Waals surface area contributed by atoms with Gasteiger partial charge in [0.1, 0.15) is 5.75 Å². The van der Waals surface area contributed by atoms with Crippen molar-refractivity contribution >= 4 is 5.91 Å². The zero-order chi connectivity index (χ0) is 17.1. The van der Waals surface area contributed by atoms with E-state index in [9.17, 15) is 4.79 Å². The number of nitrogens with one attached hydrogen (secondary N) is 1. The van der Waals surface area contributed by atoms with Crippen molar-refractivity contribution in [1.29, 1.82) is 0 Å². The summed E-state index contributed by atoms with van der Waals surface area (Å²) in [6, 6.07) is 5.80. The first-order chi connectivity index (χ1) is 11.5. The molecule has 6 nitrogen and oxygen atoms in total. The second-order valence-corrected chi connectivity index (χ2v) is 6.47. The number of nitrogens with zero attached hydrogens (tertiary/aromatic N) is 2. The van der Waals surface area contributed by atoms with Crippen LogP contribution in [0.2, 0.25) is 0 Å². The summed E-state index contributed by atoms with van der Waals surface area (Å²) < 4.78 is 10.8. The molecule has 1 amide bonds. The molecule has 1 aliphatic rings. The van der Waals surface area contributed by atoms with Crippen molar-refractivity contribution < 1.29 is 13.9 Å². The van der Waals surface area contributed by atoms with Crippen molar-refractivity contribution in [3.05, 3.63) is 41.1 Å². The standard InChI is InChI=1S/C18H23N3O3/c1-11-4-7-15(16(8-11)23-3)18(22)19-14-6-5-13(9-14)10-17-21-20-12(2)24-17/h4,7-8,13-14H,5-6,9-10H2,1-3H3,(H,19,22)/t13-,14+/m1/s1. The molecule has 0 aliphatic heterocycles. The minimum atomic E-state index is -0.0777. The molecule has 1 aromatic heterocycles. The number of hydrogen-bond donors (Lipinski definition) is 1. The minimum absolute atomic E-state index is 0.0777. The van der Waals surface area contributed by atoms with E-state index >= 15 is 0 Å². The van der Waals surface area contributed by atoms with Crippen molar-refractivity contribution in [1.82, 2.24) is 15.5 Å². The smallest absolute Gasteiger partial charge is 0.255 e. The lowest BCUT2D eigenvalue weighted by molar-refractivity contribution is 0.0934. The third-order valence-electron chi connectivity index (χ3n) is 4.51. The molecule has 0 spiro atoms. The molecule has 0 radical (unpaired) electrons. The molecule has 3 rings (SSSR count). The fraction of sp³-hybridized carbons (Fsp3) is 0.500. The summed E-state index contributed by atoms with van der Waals surface area (Å²) in [4.78, 5) is 12.5. The zero-order valence-corrected chi connectivity index (χ0v) is 14.3. The van der Waals surface area contributed by atoms with Crippen molar-refractivity contribution in [3.8, 4) is 5.75 Å². The maximum atomic E-state index is 12.5. The number of aryl methyl sites for hydroxylation is 2. The van der Waals surface area contributed by atoms with Crippen molar-refractivity contribution in [2.75, 3.05) is 7.11 Å². The maximum absolute atomic E-state index is 12.5. The van der Waals surface area contributed by atoms with E-state index in [2.05, 4.69) is 15.5 Å². The van der Waals surface area contributed by atoms with Gasteiger partial charge in [-0.2, -0.15) is 0 Å². The fourth-order valence-corrected chi connectivity index (χ4v) is 3.31. The first-order valence-corrected chi connectivity index (χ1v) is 8.29. The Morgan fingerprint density at radius 3 is 2.88 bits per heavy atom. The van der Waals surface area contributed by atoms with E-state index in [4.69, 9.17) is 9.15 Å². The van der Waals surface area contributed by atoms with Crippen molar-refractivity contribution in [2.45, 2.75) is 45.6 Å². The number of hydrogen-bond acceptors (Lipinski definition) is 5. The van der Waals surface area contributed by atoms with Crippen LogP contribution < -0.4 is 10.1 Å². The number of ether oxygens (including phenoxy) is 1. The average molecular weight is 329 g/mol. The van der Waals surface area contributed by atoms with Crippen LogP contribution in [0.5, 0.6) is 5.75 Å². The third kappa shape index (κ3) is 3.75. The monoisotopic (exact) mass is 329 g/mol. The molecule has 6 heteroatoms. The van der Waals surface area contributed by atoms with E-state index in [1.807, 2.05) is 25.1 Å². The molecule has 1 saturated carbocycles. The van der Waals surface area contributed by atoms with E-state index in [1.54, 1.807) is 14.0 Å². The van der Waals surface area contributed by atoms with Crippen LogP contribution in [-0.4, -0.2) is 29.3 Å². The molecule has 1 aliphatic carbocycles. The van der Waals surface area contributed by atoms with Crippen LogP contribution in [0.1, 0.15) is 47.0 Å². The molecular formula is C18H23N3O3. The number of carbonyl (C=O) groups is 1. The minimum Gasteiger partial charge on any atom is -0.496 e. The molecule has 0 unspecified atom stereocenters. The van der Waals surface area contributed by atoms with Crippen LogP contribution in [-0.2, 0) is 6.42 Å². The number of methoxy groups -OCH3 is 1. The summed E-state index contributed by atoms with van der Waals surface area (Å²) in [5, 5.41) is 11.0. The van der Waals surface area contributed by atoms with Gasteiger partial charge >= 0.3 is 0 Å². The van der Waals surface area contributed by atoms with E-state index < -0.39 is 0 Å². The Hall–Kier alpha value is -2.37. The molecular weight excluding hydrogens is 306 g/mol. The fourth-order valence-electron chi connectivity index (χ4n) is 3.31. The normalized spacial score (nSPS) is 20.1. The van der Waals surface area contributed by atoms with Gasteiger partial charge in [0.2, 0.25) is 11.8 Å². The number of benzene rings is 1. The van der Waals surface area contributed by atoms with Crippen LogP contribution in [0, 0.1) is 19.8 Å². The second kappa shape index (κ2) is 7.03. The number of carbonyl (C=O) groups excluding carboxylic acids is 1. The predicted molar refractivity (Wildman–Crippen MR) is 89.1 cm³/mol. The molecule has 0 saturated heterocycles. The van der Waals surface area contributed by atoms with E-state index in [0.717, 1.165) is 31.2 Å². The Morgan fingerprint density at radius 1 is 1.33 bits per heavy atom. The quantitative estimate of drug-likeness (QED) is 0.912. The van der Waals surface area contributed by atoms with Gasteiger partial charge in [-0.05, 0) is 49.8 Å². The largest absolute Gasteiger partial charge is 0.496 e. The number of aromatic nitrogens is 2. The third-order valence-corrected chi connectivity index (χ3v) is 4.51. The number of amides is 1. The Labute approximate surface area is 141 Å². The predicted octanol–water partition coefficient (Wildman–Crippen LogP) is 2.84. The van der Waals surface area contributed by atoms with E-state index in [1.165, 1.54) is 0 Å². The Morgan fingerprint density at radius 2 is 2.17 bits per heavy atom. The lowest BCUT2D eigenvalue weighted by Gasteiger charge is -2.15. The summed E-state index contributed by atoms with van der Waals surface area (Å²) in [7, 11) is 1.59. The second-order valence-electron chi connectivity index (χ2n) is 6.47. The van der Waals surface area contributed by atoms with Crippen LogP contribution in [0.15, 0.2) is 22.6 Å². The molecule has 0 bridgehead atoms. The van der Waals surface area contributed by atoms with Crippen LogP contribution in [0.25, 0.3) is 0 Å². The highest BCUT2D eigenvalue weighted by Gasteiger charge is 2.28. The molecule has 1 N–H and O–H groups in total. The van der Waals surface area contributed by atoms with E-state index in [-0.39, 0.29) is 11.9 Å². The van der Waals surface area contributed by atoms with Gasteiger partial charge in [-0.1, -0.05) is 6.07 Å². The van der Waals surface area contributed by atoms with Crippen molar-refractivity contribution in [3.63, 3.8) is 0 Å². The lowest BCUT2D eigenvalue weighted by atomic mass is 10.0. The molecule has 1 fully saturated rings. The highest BCUT2D eigenvalue weighted by Crippen LogP contribution is 2.29. The molecule has 1 aromatic carbocycles. The Bertz CT molecular complexity index is 726. The van der Waals surface area contributed by atoms with Crippen LogP contribution >= 0.6 is 0 Å². The van der Waals surface area contributed by atoms with Gasteiger partial charge in [-0.15, -0.1) is 10.2 Å². The summed E-state index contributed by atoms with van der Waals surface area (Å²) >= 11 is 0. The summed E-state index contributed by atoms with van der Waals surface area (Å²) in [5.41, 5.74) is 1.65. The molecule has 2 atom stereocenters. The molecule has 2 aromatic rings. The summed E-state index contributed by atoms with van der Waals surface area (Å²) in [6.07, 6.45) is 3.73.